The van der Waals surface area contributed by atoms with Crippen LogP contribution >= 0.6 is 0 Å². The van der Waals surface area contributed by atoms with Crippen LogP contribution in [0, 0.1) is 0 Å². The van der Waals surface area contributed by atoms with E-state index in [1.54, 1.807) is 17.6 Å². The van der Waals surface area contributed by atoms with Crippen molar-refractivity contribution < 1.29 is 14.6 Å². The molecule has 2 aliphatic rings. The Kier molecular flexibility index (Phi) is 4.95. The zero-order valence-corrected chi connectivity index (χ0v) is 19.7. The minimum Gasteiger partial charge on any atom is -0.458 e. The number of nitrogens with zero attached hydrogens (tertiary/aromatic N) is 3. The Morgan fingerprint density at radius 3 is 2.67 bits per heavy atom. The molecule has 7 heteroatoms. The van der Waals surface area contributed by atoms with Gasteiger partial charge in [0.15, 0.2) is 5.60 Å². The van der Waals surface area contributed by atoms with Crippen molar-refractivity contribution in [3.05, 3.63) is 62.4 Å². The maximum Gasteiger partial charge on any atom is 0.343 e. The Labute approximate surface area is 192 Å². The maximum absolute atomic E-state index is 13.4. The van der Waals surface area contributed by atoms with Crippen LogP contribution in [0.5, 0.6) is 0 Å². The molecule has 0 spiro atoms. The predicted molar refractivity (Wildman–Crippen MR) is 126 cm³/mol. The van der Waals surface area contributed by atoms with Gasteiger partial charge in [0.2, 0.25) is 0 Å². The highest BCUT2D eigenvalue weighted by atomic mass is 16.6. The van der Waals surface area contributed by atoms with Crippen LogP contribution < -0.4 is 5.56 Å². The third-order valence-corrected chi connectivity index (χ3v) is 6.94. The Hall–Kier alpha value is -3.03. The van der Waals surface area contributed by atoms with Crippen LogP contribution in [0.1, 0.15) is 60.9 Å². The Morgan fingerprint density at radius 1 is 1.24 bits per heavy atom. The molecule has 5 rings (SSSR count). The van der Waals surface area contributed by atoms with Gasteiger partial charge in [0, 0.05) is 23.1 Å². The largest absolute Gasteiger partial charge is 0.458 e. The highest BCUT2D eigenvalue weighted by Gasteiger charge is 2.45. The quantitative estimate of drug-likeness (QED) is 0.484. The Balaban J connectivity index is 1.75. The first kappa shape index (κ1) is 21.8. The number of cyclic esters (lactones) is 1. The van der Waals surface area contributed by atoms with E-state index in [4.69, 9.17) is 9.72 Å². The van der Waals surface area contributed by atoms with Crippen LogP contribution in [-0.2, 0) is 34.8 Å². The zero-order chi connectivity index (χ0) is 23.7. The molecule has 3 aromatic rings. The van der Waals surface area contributed by atoms with E-state index < -0.39 is 11.6 Å². The zero-order valence-electron chi connectivity index (χ0n) is 19.7. The van der Waals surface area contributed by atoms with Gasteiger partial charge in [0.1, 0.15) is 6.61 Å². The van der Waals surface area contributed by atoms with Crippen molar-refractivity contribution in [2.24, 2.45) is 0 Å². The minimum atomic E-state index is -1.81. The molecule has 2 aromatic heterocycles. The number of benzene rings is 1. The molecule has 0 radical (unpaired) electrons. The summed E-state index contributed by atoms with van der Waals surface area (Å²) in [5, 5.41) is 12.1. The Bertz CT molecular complexity index is 1370. The summed E-state index contributed by atoms with van der Waals surface area (Å²) in [5.41, 5.74) is 4.40. The van der Waals surface area contributed by atoms with E-state index in [-0.39, 0.29) is 18.6 Å². The van der Waals surface area contributed by atoms with Gasteiger partial charge in [0.25, 0.3) is 5.56 Å². The van der Waals surface area contributed by atoms with E-state index in [1.165, 1.54) is 11.1 Å². The number of carbonyl (C=O) groups is 1. The summed E-state index contributed by atoms with van der Waals surface area (Å²) >= 11 is 0. The van der Waals surface area contributed by atoms with Crippen LogP contribution in [0.25, 0.3) is 22.3 Å². The highest BCUT2D eigenvalue weighted by Crippen LogP contribution is 2.39. The number of hydrogen-bond acceptors (Lipinski definition) is 6. The molecule has 1 N–H and O–H groups in total. The van der Waals surface area contributed by atoms with Gasteiger partial charge in [-0.05, 0) is 55.8 Å². The molecule has 0 aliphatic carbocycles. The molecule has 4 heterocycles. The van der Waals surface area contributed by atoms with Gasteiger partial charge in [-0.15, -0.1) is 0 Å². The summed E-state index contributed by atoms with van der Waals surface area (Å²) in [6.07, 6.45) is 0.131. The third-order valence-electron chi connectivity index (χ3n) is 6.94. The maximum atomic E-state index is 13.4. The van der Waals surface area contributed by atoms with E-state index in [0.29, 0.717) is 29.3 Å². The molecule has 1 aromatic carbocycles. The normalized spacial score (nSPS) is 19.1. The fraction of sp³-hybridized carbons (Fsp3) is 0.423. The van der Waals surface area contributed by atoms with Crippen molar-refractivity contribution in [2.45, 2.75) is 58.4 Å². The second-order valence-electron chi connectivity index (χ2n) is 9.69. The van der Waals surface area contributed by atoms with Gasteiger partial charge in [-0.3, -0.25) is 4.79 Å². The molecule has 172 valence electrons. The fourth-order valence-electron chi connectivity index (χ4n) is 5.16. The van der Waals surface area contributed by atoms with Gasteiger partial charge in [-0.2, -0.15) is 0 Å². The standard InChI is InChI=1S/C26H29N3O4/c1-6-26(32)20-10-22-23-15(11-29(22)24(30)19(20)13-33-25(26)31)9-17-18(12-28(4)5)16(14(2)3)7-8-21(17)27-23/h7-10,14,32H,6,11-13H2,1-5H3. The molecule has 0 fully saturated rings. The van der Waals surface area contributed by atoms with Gasteiger partial charge >= 0.3 is 5.97 Å². The molecule has 0 saturated heterocycles. The molecule has 1 atom stereocenters. The van der Waals surface area contributed by atoms with Gasteiger partial charge in [-0.1, -0.05) is 26.8 Å². The topological polar surface area (TPSA) is 84.7 Å². The second-order valence-corrected chi connectivity index (χ2v) is 9.69. The lowest BCUT2D eigenvalue weighted by Crippen LogP contribution is -2.44. The average Bonchev–Trinajstić information content (AvgIpc) is 3.13. The third kappa shape index (κ3) is 3.14. The number of aromatic nitrogens is 2. The van der Waals surface area contributed by atoms with Crippen LogP contribution in [0.4, 0.5) is 0 Å². The number of fused-ring (bicyclic) bond motifs is 5. The molecule has 2 aliphatic heterocycles. The summed E-state index contributed by atoms with van der Waals surface area (Å²) < 4.78 is 6.84. The number of carbonyl (C=O) groups excluding carboxylic acids is 1. The van der Waals surface area contributed by atoms with E-state index in [2.05, 4.69) is 45.0 Å². The lowest BCUT2D eigenvalue weighted by atomic mass is 9.86. The van der Waals surface area contributed by atoms with Crippen LogP contribution in [0.2, 0.25) is 0 Å². The summed E-state index contributed by atoms with van der Waals surface area (Å²) in [5.74, 6) is -0.325. The first-order valence-corrected chi connectivity index (χ1v) is 11.4. The number of esters is 1. The van der Waals surface area contributed by atoms with Crippen molar-refractivity contribution in [1.82, 2.24) is 14.5 Å². The summed E-state index contributed by atoms with van der Waals surface area (Å²) in [6.45, 7) is 7.19. The lowest BCUT2D eigenvalue weighted by Gasteiger charge is -2.31. The van der Waals surface area contributed by atoms with Crippen LogP contribution in [0.3, 0.4) is 0 Å². The van der Waals surface area contributed by atoms with Gasteiger partial charge in [-0.25, -0.2) is 9.78 Å². The number of aliphatic hydroxyl groups is 1. The second kappa shape index (κ2) is 7.50. The van der Waals surface area contributed by atoms with Crippen LogP contribution in [0.15, 0.2) is 29.1 Å². The van der Waals surface area contributed by atoms with Crippen molar-refractivity contribution >= 4 is 16.9 Å². The molecular formula is C26H29N3O4. The molecular weight excluding hydrogens is 418 g/mol. The van der Waals surface area contributed by atoms with Gasteiger partial charge in [0.05, 0.1) is 29.0 Å². The Morgan fingerprint density at radius 2 is 2.00 bits per heavy atom. The predicted octanol–water partition coefficient (Wildman–Crippen LogP) is 3.26. The summed E-state index contributed by atoms with van der Waals surface area (Å²) in [4.78, 5) is 32.8. The highest BCUT2D eigenvalue weighted by molar-refractivity contribution is 5.88. The van der Waals surface area contributed by atoms with E-state index in [0.717, 1.165) is 28.7 Å². The van der Waals surface area contributed by atoms with Crippen molar-refractivity contribution in [3.63, 3.8) is 0 Å². The number of rotatable bonds is 4. The smallest absolute Gasteiger partial charge is 0.343 e. The molecule has 33 heavy (non-hydrogen) atoms. The molecule has 7 nitrogen and oxygen atoms in total. The van der Waals surface area contributed by atoms with Crippen molar-refractivity contribution in [3.8, 4) is 11.4 Å². The van der Waals surface area contributed by atoms with E-state index >= 15 is 0 Å². The SMILES string of the molecule is CCC1(O)C(=O)OCc2c1cc1n(c2=O)Cc2cc3c(CN(C)C)c(C(C)C)ccc3nc2-1. The summed E-state index contributed by atoms with van der Waals surface area (Å²) in [6, 6.07) is 8.10. The average molecular weight is 448 g/mol. The first-order valence-electron chi connectivity index (χ1n) is 11.4. The monoisotopic (exact) mass is 447 g/mol. The summed E-state index contributed by atoms with van der Waals surface area (Å²) in [7, 11) is 4.11. The first-order chi connectivity index (χ1) is 15.7. The fourth-order valence-corrected chi connectivity index (χ4v) is 5.16. The van der Waals surface area contributed by atoms with Crippen molar-refractivity contribution in [2.75, 3.05) is 14.1 Å². The molecule has 0 amide bonds. The van der Waals surface area contributed by atoms with E-state index in [1.807, 2.05) is 6.07 Å². The van der Waals surface area contributed by atoms with Crippen LogP contribution in [-0.4, -0.2) is 39.6 Å². The van der Waals surface area contributed by atoms with E-state index in [9.17, 15) is 14.7 Å². The number of ether oxygens (including phenoxy) is 1. The van der Waals surface area contributed by atoms with Gasteiger partial charge < -0.3 is 19.3 Å². The van der Waals surface area contributed by atoms with Crippen molar-refractivity contribution in [1.29, 1.82) is 0 Å². The number of pyridine rings is 2. The molecule has 0 bridgehead atoms. The minimum absolute atomic E-state index is 0.119. The molecule has 1 unspecified atom stereocenters. The lowest BCUT2D eigenvalue weighted by molar-refractivity contribution is -0.172. The molecule has 0 saturated carbocycles. The number of hydrogen-bond donors (Lipinski definition) is 1.